The molecule has 3 aromatic carbocycles. The zero-order chi connectivity index (χ0) is 22.9. The van der Waals surface area contributed by atoms with Crippen LogP contribution in [0.3, 0.4) is 0 Å². The van der Waals surface area contributed by atoms with E-state index in [4.69, 9.17) is 11.6 Å². The molecular formula is C22H17ClN2O5S2. The average Bonchev–Trinajstić information content (AvgIpc) is 3.09. The lowest BCUT2D eigenvalue weighted by atomic mass is 10.2. The second-order valence-electron chi connectivity index (χ2n) is 6.85. The number of carbonyl (C=O) groups excluding carboxylic acids is 1. The standard InChI is InChI=1S/C22H17ClN2O5S2/c1-30-21(26)14-6-8-16(9-7-14)24-32(28,29)17-10-11-19-20(12-17)31-22(27)25(19)13-15-4-2-3-5-18(15)23/h2-12,24H,13H2,1H3. The van der Waals surface area contributed by atoms with Crippen molar-refractivity contribution in [3.63, 3.8) is 0 Å². The van der Waals surface area contributed by atoms with Crippen LogP contribution >= 0.6 is 22.9 Å². The molecule has 32 heavy (non-hydrogen) atoms. The Hall–Kier alpha value is -3.14. The van der Waals surface area contributed by atoms with Gasteiger partial charge in [0.1, 0.15) is 0 Å². The maximum atomic E-state index is 12.8. The highest BCUT2D eigenvalue weighted by Gasteiger charge is 2.18. The number of nitrogens with one attached hydrogen (secondary N) is 1. The van der Waals surface area contributed by atoms with Gasteiger partial charge in [0.2, 0.25) is 0 Å². The fourth-order valence-corrected chi connectivity index (χ4v) is 5.45. The molecule has 0 fully saturated rings. The number of halogens is 1. The summed E-state index contributed by atoms with van der Waals surface area (Å²) in [7, 11) is -2.64. The van der Waals surface area contributed by atoms with Gasteiger partial charge < -0.3 is 4.74 Å². The Balaban J connectivity index is 1.63. The first-order valence-electron chi connectivity index (χ1n) is 9.36. The number of thiazole rings is 1. The monoisotopic (exact) mass is 488 g/mol. The van der Waals surface area contributed by atoms with Gasteiger partial charge in [-0.3, -0.25) is 14.1 Å². The summed E-state index contributed by atoms with van der Waals surface area (Å²) in [4.78, 5) is 23.9. The van der Waals surface area contributed by atoms with Crippen LogP contribution in [-0.4, -0.2) is 26.1 Å². The van der Waals surface area contributed by atoms with Crippen molar-refractivity contribution in [3.05, 3.63) is 92.5 Å². The van der Waals surface area contributed by atoms with Gasteiger partial charge in [0.05, 0.1) is 34.3 Å². The number of sulfonamides is 1. The van der Waals surface area contributed by atoms with Crippen LogP contribution in [0, 0.1) is 0 Å². The van der Waals surface area contributed by atoms with Crippen LogP contribution < -0.4 is 9.60 Å². The normalized spacial score (nSPS) is 11.4. The van der Waals surface area contributed by atoms with E-state index in [1.807, 2.05) is 18.2 Å². The SMILES string of the molecule is COC(=O)c1ccc(NS(=O)(=O)c2ccc3c(c2)sc(=O)n3Cc2ccccc2Cl)cc1. The lowest BCUT2D eigenvalue weighted by Crippen LogP contribution is -2.14. The van der Waals surface area contributed by atoms with Crippen molar-refractivity contribution in [3.8, 4) is 0 Å². The molecule has 1 N–H and O–H groups in total. The Labute approximate surface area is 192 Å². The van der Waals surface area contributed by atoms with Crippen LogP contribution in [0.2, 0.25) is 5.02 Å². The third-order valence-electron chi connectivity index (χ3n) is 4.79. The Morgan fingerprint density at radius 1 is 1.09 bits per heavy atom. The van der Waals surface area contributed by atoms with E-state index in [2.05, 4.69) is 9.46 Å². The van der Waals surface area contributed by atoms with Crippen molar-refractivity contribution in [1.29, 1.82) is 0 Å². The van der Waals surface area contributed by atoms with Gasteiger partial charge in [0, 0.05) is 10.7 Å². The third kappa shape index (κ3) is 4.40. The summed E-state index contributed by atoms with van der Waals surface area (Å²) in [6.45, 7) is 0.287. The quantitative estimate of drug-likeness (QED) is 0.407. The molecule has 0 amide bonds. The highest BCUT2D eigenvalue weighted by molar-refractivity contribution is 7.92. The number of hydrogen-bond acceptors (Lipinski definition) is 6. The molecule has 0 aliphatic carbocycles. The zero-order valence-corrected chi connectivity index (χ0v) is 19.1. The molecule has 0 spiro atoms. The number of rotatable bonds is 6. The number of benzene rings is 3. The third-order valence-corrected chi connectivity index (χ3v) is 7.48. The summed E-state index contributed by atoms with van der Waals surface area (Å²) in [5.74, 6) is -0.513. The van der Waals surface area contributed by atoms with Crippen LogP contribution in [-0.2, 0) is 21.3 Å². The molecule has 1 heterocycles. The minimum atomic E-state index is -3.90. The molecule has 7 nitrogen and oxygen atoms in total. The molecule has 164 valence electrons. The Morgan fingerprint density at radius 2 is 1.81 bits per heavy atom. The second-order valence-corrected chi connectivity index (χ2v) is 9.93. The molecule has 0 aliphatic heterocycles. The Bertz CT molecular complexity index is 1470. The number of nitrogens with zero attached hydrogens (tertiary/aromatic N) is 1. The number of ether oxygens (including phenoxy) is 1. The summed E-state index contributed by atoms with van der Waals surface area (Å²) in [6.07, 6.45) is 0. The molecule has 1 aromatic heterocycles. The average molecular weight is 489 g/mol. The minimum absolute atomic E-state index is 0.0215. The van der Waals surface area contributed by atoms with Crippen LogP contribution in [0.25, 0.3) is 10.2 Å². The molecule has 0 bridgehead atoms. The van der Waals surface area contributed by atoms with Crippen molar-refractivity contribution in [1.82, 2.24) is 4.57 Å². The van der Waals surface area contributed by atoms with Gasteiger partial charge in [-0.2, -0.15) is 0 Å². The van der Waals surface area contributed by atoms with Gasteiger partial charge in [0.25, 0.3) is 10.0 Å². The van der Waals surface area contributed by atoms with Gasteiger partial charge >= 0.3 is 10.8 Å². The van der Waals surface area contributed by atoms with Gasteiger partial charge in [0.15, 0.2) is 0 Å². The number of esters is 1. The summed E-state index contributed by atoms with van der Waals surface area (Å²) in [5, 5.41) is 0.556. The van der Waals surface area contributed by atoms with Gasteiger partial charge in [-0.25, -0.2) is 13.2 Å². The largest absolute Gasteiger partial charge is 0.465 e. The van der Waals surface area contributed by atoms with E-state index >= 15 is 0 Å². The van der Waals surface area contributed by atoms with E-state index in [9.17, 15) is 18.0 Å². The summed E-state index contributed by atoms with van der Waals surface area (Å²) >= 11 is 7.19. The van der Waals surface area contributed by atoms with E-state index in [1.54, 1.807) is 16.7 Å². The first kappa shape index (κ1) is 22.1. The molecule has 0 radical (unpaired) electrons. The number of fused-ring (bicyclic) bond motifs is 1. The highest BCUT2D eigenvalue weighted by atomic mass is 35.5. The lowest BCUT2D eigenvalue weighted by molar-refractivity contribution is 0.0600. The number of aromatic nitrogens is 1. The topological polar surface area (TPSA) is 94.5 Å². The lowest BCUT2D eigenvalue weighted by Gasteiger charge is -2.09. The Kier molecular flexibility index (Phi) is 6.05. The van der Waals surface area contributed by atoms with Crippen LogP contribution in [0.15, 0.2) is 76.4 Å². The molecule has 0 aliphatic rings. The molecule has 0 atom stereocenters. The first-order valence-corrected chi connectivity index (χ1v) is 12.0. The van der Waals surface area contributed by atoms with Crippen molar-refractivity contribution in [2.75, 3.05) is 11.8 Å². The molecule has 0 saturated carbocycles. The van der Waals surface area contributed by atoms with E-state index in [0.717, 1.165) is 16.9 Å². The van der Waals surface area contributed by atoms with Crippen molar-refractivity contribution >= 4 is 54.8 Å². The maximum Gasteiger partial charge on any atom is 0.337 e. The van der Waals surface area contributed by atoms with Crippen molar-refractivity contribution in [2.24, 2.45) is 0 Å². The summed E-state index contributed by atoms with van der Waals surface area (Å²) in [5.41, 5.74) is 2.02. The van der Waals surface area contributed by atoms with Crippen molar-refractivity contribution in [2.45, 2.75) is 11.4 Å². The molecule has 4 rings (SSSR count). The van der Waals surface area contributed by atoms with E-state index < -0.39 is 16.0 Å². The zero-order valence-electron chi connectivity index (χ0n) is 16.7. The number of carbonyl (C=O) groups is 1. The molecule has 10 heteroatoms. The van der Waals surface area contributed by atoms with Crippen LogP contribution in [0.4, 0.5) is 5.69 Å². The fraction of sp³-hybridized carbons (Fsp3) is 0.0909. The Morgan fingerprint density at radius 3 is 2.50 bits per heavy atom. The van der Waals surface area contributed by atoms with Gasteiger partial charge in [-0.05, 0) is 54.1 Å². The van der Waals surface area contributed by atoms with Crippen LogP contribution in [0.5, 0.6) is 0 Å². The molecule has 0 unspecified atom stereocenters. The summed E-state index contributed by atoms with van der Waals surface area (Å²) in [6, 6.07) is 17.7. The maximum absolute atomic E-state index is 12.8. The molecule has 0 saturated heterocycles. The fourth-order valence-electron chi connectivity index (χ4n) is 3.17. The van der Waals surface area contributed by atoms with E-state index in [-0.39, 0.29) is 16.3 Å². The van der Waals surface area contributed by atoms with Crippen molar-refractivity contribution < 1.29 is 17.9 Å². The smallest absolute Gasteiger partial charge is 0.337 e. The van der Waals surface area contributed by atoms with Crippen LogP contribution in [0.1, 0.15) is 15.9 Å². The number of anilines is 1. The van der Waals surface area contributed by atoms with Gasteiger partial charge in [-0.15, -0.1) is 0 Å². The van der Waals surface area contributed by atoms with Gasteiger partial charge in [-0.1, -0.05) is 41.1 Å². The molecule has 4 aromatic rings. The summed E-state index contributed by atoms with van der Waals surface area (Å²) < 4.78 is 34.9. The molecular weight excluding hydrogens is 472 g/mol. The predicted octanol–water partition coefficient (Wildman–Crippen LogP) is 4.35. The number of hydrogen-bond donors (Lipinski definition) is 1. The van der Waals surface area contributed by atoms with E-state index in [1.165, 1.54) is 43.5 Å². The first-order chi connectivity index (χ1) is 15.3. The minimum Gasteiger partial charge on any atom is -0.465 e. The predicted molar refractivity (Wildman–Crippen MR) is 125 cm³/mol. The van der Waals surface area contributed by atoms with E-state index in [0.29, 0.717) is 26.5 Å². The highest BCUT2D eigenvalue weighted by Crippen LogP contribution is 2.25. The number of methoxy groups -OCH3 is 1. The second kappa shape index (κ2) is 8.78.